The second-order valence-electron chi connectivity index (χ2n) is 6.71. The lowest BCUT2D eigenvalue weighted by molar-refractivity contribution is 0.618. The van der Waals surface area contributed by atoms with Crippen molar-refractivity contribution in [3.05, 3.63) is 42.0 Å². The number of hydrogen-bond acceptors (Lipinski definition) is 6. The number of benzene rings is 1. The van der Waals surface area contributed by atoms with Crippen LogP contribution >= 0.6 is 0 Å². The average molecular weight is 352 g/mol. The highest BCUT2D eigenvalue weighted by Crippen LogP contribution is 2.24. The number of halogens is 1. The zero-order valence-electron chi connectivity index (χ0n) is 14.6. The highest BCUT2D eigenvalue weighted by atomic mass is 19.1. The van der Waals surface area contributed by atoms with E-state index in [4.69, 9.17) is 5.26 Å². The van der Waals surface area contributed by atoms with Gasteiger partial charge in [-0.05, 0) is 31.0 Å². The van der Waals surface area contributed by atoms with Crippen LogP contribution in [0.2, 0.25) is 0 Å². The third-order valence-electron chi connectivity index (χ3n) is 5.05. The Kier molecular flexibility index (Phi) is 4.57. The number of nitriles is 1. The van der Waals surface area contributed by atoms with Crippen LogP contribution in [0.4, 0.5) is 21.7 Å². The fraction of sp³-hybridized carbons (Fsp3) is 0.421. The second-order valence-corrected chi connectivity index (χ2v) is 6.71. The normalized spacial score (nSPS) is 17.5. The molecule has 0 spiro atoms. The second kappa shape index (κ2) is 7.16. The Morgan fingerprint density at radius 1 is 0.808 bits per heavy atom. The Morgan fingerprint density at radius 3 is 2.08 bits per heavy atom. The van der Waals surface area contributed by atoms with Gasteiger partial charge in [0, 0.05) is 51.0 Å². The largest absolute Gasteiger partial charge is 0.368 e. The van der Waals surface area contributed by atoms with Gasteiger partial charge >= 0.3 is 0 Å². The molecule has 2 saturated heterocycles. The van der Waals surface area contributed by atoms with Crippen molar-refractivity contribution >= 4 is 17.3 Å². The molecule has 7 heteroatoms. The zero-order valence-corrected chi connectivity index (χ0v) is 14.6. The predicted octanol–water partition coefficient (Wildman–Crippen LogP) is 2.41. The quantitative estimate of drug-likeness (QED) is 0.845. The Morgan fingerprint density at radius 2 is 1.42 bits per heavy atom. The zero-order chi connectivity index (χ0) is 17.9. The third-order valence-corrected chi connectivity index (χ3v) is 5.05. The molecule has 1 aromatic carbocycles. The van der Waals surface area contributed by atoms with Crippen molar-refractivity contribution in [3.8, 4) is 6.07 Å². The van der Waals surface area contributed by atoms with E-state index in [1.54, 1.807) is 12.4 Å². The van der Waals surface area contributed by atoms with Crippen LogP contribution in [0.15, 0.2) is 30.6 Å². The van der Waals surface area contributed by atoms with Crippen LogP contribution < -0.4 is 14.7 Å². The van der Waals surface area contributed by atoms with Gasteiger partial charge in [0.25, 0.3) is 0 Å². The highest BCUT2D eigenvalue weighted by Gasteiger charge is 2.21. The molecule has 6 nitrogen and oxygen atoms in total. The molecule has 0 N–H and O–H groups in total. The fourth-order valence-electron chi connectivity index (χ4n) is 3.64. The average Bonchev–Trinajstić information content (AvgIpc) is 3.22. The molecule has 0 atom stereocenters. The summed E-state index contributed by atoms with van der Waals surface area (Å²) in [6.07, 6.45) is 4.08. The number of rotatable bonds is 3. The van der Waals surface area contributed by atoms with E-state index in [0.29, 0.717) is 5.56 Å². The monoisotopic (exact) mass is 352 g/mol. The third kappa shape index (κ3) is 3.40. The molecule has 0 unspecified atom stereocenters. The molecule has 134 valence electrons. The smallest absolute Gasteiger partial charge is 0.134 e. The summed E-state index contributed by atoms with van der Waals surface area (Å²) >= 11 is 0. The first-order valence-corrected chi connectivity index (χ1v) is 9.00. The van der Waals surface area contributed by atoms with Gasteiger partial charge in [0.2, 0.25) is 0 Å². The number of aromatic nitrogens is 2. The van der Waals surface area contributed by atoms with Crippen LogP contribution in [-0.4, -0.2) is 49.2 Å². The molecule has 1 aromatic heterocycles. The van der Waals surface area contributed by atoms with Crippen LogP contribution in [0.5, 0.6) is 0 Å². The molecule has 0 radical (unpaired) electrons. The summed E-state index contributed by atoms with van der Waals surface area (Å²) in [5.74, 6) is 1.57. The molecule has 2 aromatic rings. The lowest BCUT2D eigenvalue weighted by Crippen LogP contribution is -2.47. The lowest BCUT2D eigenvalue weighted by atomic mass is 10.1. The highest BCUT2D eigenvalue weighted by molar-refractivity contribution is 5.55. The minimum Gasteiger partial charge on any atom is -0.368 e. The summed E-state index contributed by atoms with van der Waals surface area (Å²) in [5.41, 5.74) is 1.12. The number of anilines is 3. The van der Waals surface area contributed by atoms with Crippen molar-refractivity contribution in [1.82, 2.24) is 9.97 Å². The summed E-state index contributed by atoms with van der Waals surface area (Å²) in [5, 5.41) is 9.03. The summed E-state index contributed by atoms with van der Waals surface area (Å²) in [7, 11) is 0. The van der Waals surface area contributed by atoms with Crippen molar-refractivity contribution in [2.24, 2.45) is 0 Å². The van der Waals surface area contributed by atoms with Gasteiger partial charge in [-0.2, -0.15) is 5.26 Å². The number of hydrogen-bond donors (Lipinski definition) is 0. The van der Waals surface area contributed by atoms with Crippen molar-refractivity contribution in [1.29, 1.82) is 5.26 Å². The van der Waals surface area contributed by atoms with E-state index >= 15 is 0 Å². The maximum absolute atomic E-state index is 13.7. The molecular weight excluding hydrogens is 331 g/mol. The molecule has 2 fully saturated rings. The fourth-order valence-corrected chi connectivity index (χ4v) is 3.64. The van der Waals surface area contributed by atoms with Gasteiger partial charge in [0.15, 0.2) is 0 Å². The molecule has 4 rings (SSSR count). The topological polar surface area (TPSA) is 59.3 Å². The van der Waals surface area contributed by atoms with Crippen LogP contribution in [0.25, 0.3) is 0 Å². The summed E-state index contributed by atoms with van der Waals surface area (Å²) < 4.78 is 13.7. The summed E-state index contributed by atoms with van der Waals surface area (Å²) in [6.45, 7) is 5.24. The van der Waals surface area contributed by atoms with Gasteiger partial charge in [0.05, 0.1) is 11.6 Å². The molecule has 2 aliphatic heterocycles. The number of piperazine rings is 1. The van der Waals surface area contributed by atoms with Crippen LogP contribution in [0.3, 0.4) is 0 Å². The SMILES string of the molecule is N#Cc1cc(F)cc(N2CCN(c3cc(N4CCCC4)ncn3)CC2)c1. The first-order chi connectivity index (χ1) is 12.7. The maximum Gasteiger partial charge on any atom is 0.134 e. The van der Waals surface area contributed by atoms with Gasteiger partial charge in [-0.1, -0.05) is 0 Å². The first kappa shape index (κ1) is 16.6. The molecule has 26 heavy (non-hydrogen) atoms. The van der Waals surface area contributed by atoms with E-state index in [1.165, 1.54) is 25.0 Å². The van der Waals surface area contributed by atoms with Crippen molar-refractivity contribution in [3.63, 3.8) is 0 Å². The first-order valence-electron chi connectivity index (χ1n) is 9.00. The molecule has 0 amide bonds. The molecule has 0 aliphatic carbocycles. The molecule has 0 saturated carbocycles. The van der Waals surface area contributed by atoms with Gasteiger partial charge in [-0.15, -0.1) is 0 Å². The number of nitrogens with zero attached hydrogens (tertiary/aromatic N) is 6. The van der Waals surface area contributed by atoms with Gasteiger partial charge in [0.1, 0.15) is 23.8 Å². The van der Waals surface area contributed by atoms with Crippen LogP contribution in [-0.2, 0) is 0 Å². The Labute approximate surface area is 152 Å². The standard InChI is InChI=1S/C19H21FN6/c20-16-9-15(13-21)10-17(11-16)24-5-7-26(8-6-24)19-12-18(22-14-23-19)25-3-1-2-4-25/h9-12,14H,1-8H2. The minimum atomic E-state index is -0.368. The molecular formula is C19H21FN6. The van der Waals surface area contributed by atoms with Crippen molar-refractivity contribution in [2.45, 2.75) is 12.8 Å². The van der Waals surface area contributed by atoms with Crippen molar-refractivity contribution in [2.75, 3.05) is 54.0 Å². The summed E-state index contributed by atoms with van der Waals surface area (Å²) in [6, 6.07) is 8.58. The van der Waals surface area contributed by atoms with Gasteiger partial charge < -0.3 is 14.7 Å². The van der Waals surface area contributed by atoms with E-state index in [2.05, 4.69) is 30.7 Å². The summed E-state index contributed by atoms with van der Waals surface area (Å²) in [4.78, 5) is 15.5. The minimum absolute atomic E-state index is 0.355. The predicted molar refractivity (Wildman–Crippen MR) is 99.0 cm³/mol. The van der Waals surface area contributed by atoms with Crippen LogP contribution in [0, 0.1) is 17.1 Å². The molecule has 2 aliphatic rings. The van der Waals surface area contributed by atoms with Gasteiger partial charge in [-0.25, -0.2) is 14.4 Å². The van der Waals surface area contributed by atoms with E-state index in [1.807, 2.05) is 6.07 Å². The molecule has 0 bridgehead atoms. The maximum atomic E-state index is 13.7. The Bertz CT molecular complexity index is 819. The van der Waals surface area contributed by atoms with Crippen molar-refractivity contribution < 1.29 is 4.39 Å². The Balaban J connectivity index is 1.45. The van der Waals surface area contributed by atoms with Gasteiger partial charge in [-0.3, -0.25) is 0 Å². The molecule has 3 heterocycles. The Hall–Kier alpha value is -2.88. The van der Waals surface area contributed by atoms with E-state index in [9.17, 15) is 4.39 Å². The van der Waals surface area contributed by atoms with E-state index in [-0.39, 0.29) is 5.82 Å². The lowest BCUT2D eigenvalue weighted by Gasteiger charge is -2.37. The van der Waals surface area contributed by atoms with E-state index < -0.39 is 0 Å². The van der Waals surface area contributed by atoms with Crippen LogP contribution in [0.1, 0.15) is 18.4 Å². The van der Waals surface area contributed by atoms with E-state index in [0.717, 1.165) is 56.6 Å².